The Bertz CT molecular complexity index is 950. The van der Waals surface area contributed by atoms with Crippen molar-refractivity contribution >= 4 is 38.6 Å². The topological polar surface area (TPSA) is 44.5 Å². The molecule has 1 heterocycles. The fourth-order valence-corrected chi connectivity index (χ4v) is 4.39. The van der Waals surface area contributed by atoms with Crippen LogP contribution in [-0.2, 0) is 12.8 Å². The van der Waals surface area contributed by atoms with Gasteiger partial charge in [-0.25, -0.2) is 4.98 Å². The van der Waals surface area contributed by atoms with Crippen molar-refractivity contribution < 1.29 is 13.9 Å². The third-order valence-corrected chi connectivity index (χ3v) is 5.71. The van der Waals surface area contributed by atoms with Crippen molar-refractivity contribution in [1.82, 2.24) is 4.98 Å². The number of benzene rings is 2. The molecule has 0 radical (unpaired) electrons. The maximum atomic E-state index is 6.18. The number of oxazole rings is 1. The van der Waals surface area contributed by atoms with Crippen molar-refractivity contribution in [2.24, 2.45) is 0 Å². The zero-order valence-electron chi connectivity index (χ0n) is 15.1. The smallest absolute Gasteiger partial charge is 0.195 e. The van der Waals surface area contributed by atoms with Crippen molar-refractivity contribution in [3.8, 4) is 11.5 Å². The molecule has 0 atom stereocenters. The highest BCUT2D eigenvalue weighted by Gasteiger charge is 2.19. The minimum absolute atomic E-state index is 0.299. The first kappa shape index (κ1) is 18.6. The zero-order chi connectivity index (χ0) is 18.8. The van der Waals surface area contributed by atoms with Crippen molar-refractivity contribution in [1.29, 1.82) is 0 Å². The largest absolute Gasteiger partial charge is 0.493 e. The Balaban J connectivity index is 1.50. The minimum Gasteiger partial charge on any atom is -0.493 e. The van der Waals surface area contributed by atoms with E-state index >= 15 is 0 Å². The molecule has 4 rings (SSSR count). The monoisotopic (exact) mass is 449 g/mol. The van der Waals surface area contributed by atoms with Gasteiger partial charge in [-0.15, -0.1) is 0 Å². The number of aromatic nitrogens is 1. The van der Waals surface area contributed by atoms with E-state index in [1.807, 2.05) is 18.2 Å². The molecule has 1 aromatic heterocycles. The van der Waals surface area contributed by atoms with Gasteiger partial charge >= 0.3 is 0 Å². The first-order chi connectivity index (χ1) is 13.1. The molecule has 1 fully saturated rings. The maximum absolute atomic E-state index is 6.18. The molecule has 1 saturated carbocycles. The molecule has 0 N–H and O–H groups in total. The van der Waals surface area contributed by atoms with Crippen LogP contribution < -0.4 is 9.47 Å². The summed E-state index contributed by atoms with van der Waals surface area (Å²) in [5.74, 6) is 2.31. The van der Waals surface area contributed by atoms with Gasteiger partial charge in [0.25, 0.3) is 0 Å². The molecule has 0 unspecified atom stereocenters. The molecule has 0 saturated heterocycles. The van der Waals surface area contributed by atoms with Gasteiger partial charge in [0, 0.05) is 11.4 Å². The van der Waals surface area contributed by atoms with E-state index in [1.165, 1.54) is 18.4 Å². The predicted molar refractivity (Wildman–Crippen MR) is 110 cm³/mol. The summed E-state index contributed by atoms with van der Waals surface area (Å²) in [6.07, 6.45) is 6.53. The van der Waals surface area contributed by atoms with E-state index in [2.05, 4.69) is 33.0 Å². The number of hydrogen-bond donors (Lipinski definition) is 0. The molecule has 3 aromatic rings. The predicted octanol–water partition coefficient (Wildman–Crippen LogP) is 6.36. The quantitative estimate of drug-likeness (QED) is 0.438. The second kappa shape index (κ2) is 8.11. The second-order valence-electron chi connectivity index (χ2n) is 6.85. The lowest BCUT2D eigenvalue weighted by atomic mass is 10.1. The Hall–Kier alpha value is -1.72. The Morgan fingerprint density at radius 3 is 2.74 bits per heavy atom. The maximum Gasteiger partial charge on any atom is 0.195 e. The molecule has 4 nitrogen and oxygen atoms in total. The van der Waals surface area contributed by atoms with E-state index in [-0.39, 0.29) is 0 Å². The summed E-state index contributed by atoms with van der Waals surface area (Å²) >= 11 is 9.56. The lowest BCUT2D eigenvalue weighted by Gasteiger charge is -2.16. The molecule has 27 heavy (non-hydrogen) atoms. The third-order valence-electron chi connectivity index (χ3n) is 4.91. The van der Waals surface area contributed by atoms with E-state index in [1.54, 1.807) is 7.11 Å². The lowest BCUT2D eigenvalue weighted by molar-refractivity contribution is 0.200. The highest BCUT2D eigenvalue weighted by atomic mass is 79.9. The van der Waals surface area contributed by atoms with Gasteiger partial charge in [0.15, 0.2) is 23.0 Å². The molecular weight excluding hydrogens is 430 g/mol. The SMILES string of the molecule is COc1ccc(CCc2nc3cc(Cl)cc(Br)c3o2)cc1OC1CCCC1. The Labute approximate surface area is 171 Å². The molecular formula is C21H21BrClNO3. The normalized spacial score (nSPS) is 14.8. The van der Waals surface area contributed by atoms with Gasteiger partial charge in [0.1, 0.15) is 5.52 Å². The van der Waals surface area contributed by atoms with Crippen LogP contribution in [0.15, 0.2) is 39.2 Å². The van der Waals surface area contributed by atoms with Crippen molar-refractivity contribution in [2.75, 3.05) is 7.11 Å². The van der Waals surface area contributed by atoms with Crippen molar-refractivity contribution in [3.05, 3.63) is 51.3 Å². The van der Waals surface area contributed by atoms with Crippen LogP contribution in [0, 0.1) is 0 Å². The Kier molecular flexibility index (Phi) is 5.60. The number of hydrogen-bond acceptors (Lipinski definition) is 4. The lowest BCUT2D eigenvalue weighted by Crippen LogP contribution is -2.11. The molecule has 1 aliphatic rings. The molecule has 6 heteroatoms. The second-order valence-corrected chi connectivity index (χ2v) is 8.14. The Morgan fingerprint density at radius 1 is 1.15 bits per heavy atom. The first-order valence-corrected chi connectivity index (χ1v) is 10.4. The van der Waals surface area contributed by atoms with Gasteiger partial charge in [0.05, 0.1) is 17.7 Å². The molecule has 0 amide bonds. The van der Waals surface area contributed by atoms with Crippen molar-refractivity contribution in [2.45, 2.75) is 44.6 Å². The molecule has 1 aliphatic carbocycles. The number of aryl methyl sites for hydroxylation is 2. The van der Waals surface area contributed by atoms with E-state index in [4.69, 9.17) is 25.5 Å². The summed E-state index contributed by atoms with van der Waals surface area (Å²) in [7, 11) is 1.68. The fourth-order valence-electron chi connectivity index (χ4n) is 3.52. The van der Waals surface area contributed by atoms with Gasteiger partial charge in [-0.3, -0.25) is 0 Å². The number of methoxy groups -OCH3 is 1. The Morgan fingerprint density at radius 2 is 1.96 bits per heavy atom. The van der Waals surface area contributed by atoms with Crippen molar-refractivity contribution in [3.63, 3.8) is 0 Å². The van der Waals surface area contributed by atoms with Crippen LogP contribution in [0.4, 0.5) is 0 Å². The van der Waals surface area contributed by atoms with E-state index < -0.39 is 0 Å². The van der Waals surface area contributed by atoms with Gasteiger partial charge < -0.3 is 13.9 Å². The van der Waals surface area contributed by atoms with E-state index in [0.717, 1.165) is 46.3 Å². The number of nitrogens with zero attached hydrogens (tertiary/aromatic N) is 1. The molecule has 2 aromatic carbocycles. The average Bonchev–Trinajstić information content (AvgIpc) is 3.29. The first-order valence-electron chi connectivity index (χ1n) is 9.20. The fraction of sp³-hybridized carbons (Fsp3) is 0.381. The van der Waals surface area contributed by atoms with Crippen LogP contribution in [0.5, 0.6) is 11.5 Å². The summed E-state index contributed by atoms with van der Waals surface area (Å²) in [4.78, 5) is 4.55. The minimum atomic E-state index is 0.299. The molecule has 0 bridgehead atoms. The van der Waals surface area contributed by atoms with Gasteiger partial charge in [-0.05, 0) is 77.9 Å². The van der Waals surface area contributed by atoms with Crippen LogP contribution in [-0.4, -0.2) is 18.2 Å². The zero-order valence-corrected chi connectivity index (χ0v) is 17.5. The number of halogens is 2. The molecule has 0 aliphatic heterocycles. The van der Waals surface area contributed by atoms with E-state index in [9.17, 15) is 0 Å². The molecule has 0 spiro atoms. The summed E-state index contributed by atoms with van der Waals surface area (Å²) in [6, 6.07) is 9.74. The summed E-state index contributed by atoms with van der Waals surface area (Å²) < 4.78 is 18.4. The van der Waals surface area contributed by atoms with Gasteiger partial charge in [0.2, 0.25) is 0 Å². The van der Waals surface area contributed by atoms with Crippen LogP contribution in [0.3, 0.4) is 0 Å². The van der Waals surface area contributed by atoms with Crippen LogP contribution >= 0.6 is 27.5 Å². The molecule has 142 valence electrons. The standard InChI is InChI=1S/C21H21BrClNO3/c1-25-18-8-6-13(10-19(18)26-15-4-2-3-5-15)7-9-20-24-17-12-14(23)11-16(22)21(17)27-20/h6,8,10-12,15H,2-5,7,9H2,1H3. The highest BCUT2D eigenvalue weighted by Crippen LogP contribution is 2.33. The average molecular weight is 451 g/mol. The van der Waals surface area contributed by atoms with Gasteiger partial charge in [-0.2, -0.15) is 0 Å². The highest BCUT2D eigenvalue weighted by molar-refractivity contribution is 9.10. The van der Waals surface area contributed by atoms with Crippen LogP contribution in [0.25, 0.3) is 11.1 Å². The van der Waals surface area contributed by atoms with Gasteiger partial charge in [-0.1, -0.05) is 17.7 Å². The third kappa shape index (κ3) is 4.25. The van der Waals surface area contributed by atoms with Crippen LogP contribution in [0.2, 0.25) is 5.02 Å². The summed E-state index contributed by atoms with van der Waals surface area (Å²) in [5.41, 5.74) is 2.67. The number of fused-ring (bicyclic) bond motifs is 1. The number of ether oxygens (including phenoxy) is 2. The number of rotatable bonds is 6. The van der Waals surface area contributed by atoms with E-state index in [0.29, 0.717) is 23.4 Å². The summed E-state index contributed by atoms with van der Waals surface area (Å²) in [5, 5.41) is 0.637. The van der Waals surface area contributed by atoms with Crippen LogP contribution in [0.1, 0.15) is 37.1 Å². The summed E-state index contributed by atoms with van der Waals surface area (Å²) in [6.45, 7) is 0.